The van der Waals surface area contributed by atoms with Crippen LogP contribution >= 0.6 is 0 Å². The summed E-state index contributed by atoms with van der Waals surface area (Å²) in [4.78, 5) is 25.3. The summed E-state index contributed by atoms with van der Waals surface area (Å²) in [5.74, 6) is -0.568. The van der Waals surface area contributed by atoms with E-state index in [-0.39, 0.29) is 24.3 Å². The Hall–Kier alpha value is -4.62. The predicted octanol–water partition coefficient (Wildman–Crippen LogP) is 5.22. The van der Waals surface area contributed by atoms with Crippen molar-refractivity contribution in [3.8, 4) is 11.5 Å². The molecule has 0 spiro atoms. The first-order valence-corrected chi connectivity index (χ1v) is 12.1. The van der Waals surface area contributed by atoms with Crippen LogP contribution in [-0.2, 0) is 22.7 Å². The number of rotatable bonds is 12. The highest BCUT2D eigenvalue weighted by Crippen LogP contribution is 2.22. The van der Waals surface area contributed by atoms with E-state index in [9.17, 15) is 14.7 Å². The number of esters is 2. The third-order valence-corrected chi connectivity index (χ3v) is 5.50. The number of aliphatic hydroxyl groups excluding tert-OH is 1. The van der Waals surface area contributed by atoms with Crippen molar-refractivity contribution in [1.29, 1.82) is 0 Å². The highest BCUT2D eigenvalue weighted by molar-refractivity contribution is 5.93. The quantitative estimate of drug-likeness (QED) is 0.260. The molecule has 4 aromatic rings. The summed E-state index contributed by atoms with van der Waals surface area (Å²) in [6.07, 6.45) is -1.21. The van der Waals surface area contributed by atoms with Gasteiger partial charge in [-0.05, 0) is 35.4 Å². The third kappa shape index (κ3) is 7.69. The SMILES string of the molecule is O=C(OCC(O)COC(=O)c1ccccc1OCc1ccccc1)c1ccccc1OCc1ccccc1. The van der Waals surface area contributed by atoms with E-state index >= 15 is 0 Å². The average molecular weight is 513 g/mol. The summed E-state index contributed by atoms with van der Waals surface area (Å²) in [7, 11) is 0. The average Bonchev–Trinajstić information content (AvgIpc) is 2.98. The Kier molecular flexibility index (Phi) is 9.48. The Balaban J connectivity index is 1.26. The molecule has 0 atom stereocenters. The number of hydrogen-bond donors (Lipinski definition) is 1. The largest absolute Gasteiger partial charge is 0.488 e. The molecule has 1 N–H and O–H groups in total. The number of carbonyl (C=O) groups excluding carboxylic acids is 2. The summed E-state index contributed by atoms with van der Waals surface area (Å²) in [6.45, 7) is -0.128. The second-order valence-corrected chi connectivity index (χ2v) is 8.39. The van der Waals surface area contributed by atoms with Crippen LogP contribution in [0.5, 0.6) is 11.5 Å². The number of hydrogen-bond acceptors (Lipinski definition) is 7. The van der Waals surface area contributed by atoms with Crippen LogP contribution in [0, 0.1) is 0 Å². The number of aliphatic hydroxyl groups is 1. The molecule has 38 heavy (non-hydrogen) atoms. The maximum Gasteiger partial charge on any atom is 0.342 e. The van der Waals surface area contributed by atoms with Crippen LogP contribution in [0.4, 0.5) is 0 Å². The maximum absolute atomic E-state index is 12.6. The van der Waals surface area contributed by atoms with Crippen molar-refractivity contribution in [3.63, 3.8) is 0 Å². The second kappa shape index (κ2) is 13.6. The highest BCUT2D eigenvalue weighted by Gasteiger charge is 2.19. The lowest BCUT2D eigenvalue weighted by atomic mass is 10.2. The lowest BCUT2D eigenvalue weighted by Crippen LogP contribution is -2.25. The molecular formula is C31H28O7. The van der Waals surface area contributed by atoms with Gasteiger partial charge < -0.3 is 24.1 Å². The molecule has 0 bridgehead atoms. The highest BCUT2D eigenvalue weighted by atomic mass is 16.6. The fourth-order valence-corrected chi connectivity index (χ4v) is 3.54. The summed E-state index contributed by atoms with van der Waals surface area (Å²) in [6, 6.07) is 32.6. The Morgan fingerprint density at radius 1 is 0.553 bits per heavy atom. The lowest BCUT2D eigenvalue weighted by Gasteiger charge is -2.15. The van der Waals surface area contributed by atoms with Crippen molar-refractivity contribution in [3.05, 3.63) is 131 Å². The van der Waals surface area contributed by atoms with Gasteiger partial charge in [0.2, 0.25) is 0 Å². The lowest BCUT2D eigenvalue weighted by molar-refractivity contribution is -0.00499. The minimum atomic E-state index is -1.21. The zero-order chi connectivity index (χ0) is 26.6. The summed E-state index contributed by atoms with van der Waals surface area (Å²) < 4.78 is 22.1. The zero-order valence-corrected chi connectivity index (χ0v) is 20.7. The molecule has 0 aliphatic heterocycles. The van der Waals surface area contributed by atoms with Crippen LogP contribution in [0.1, 0.15) is 31.8 Å². The van der Waals surface area contributed by atoms with Gasteiger partial charge in [0.1, 0.15) is 55.2 Å². The maximum atomic E-state index is 12.6. The van der Waals surface area contributed by atoms with Gasteiger partial charge >= 0.3 is 11.9 Å². The molecule has 4 rings (SSSR count). The van der Waals surface area contributed by atoms with E-state index in [1.54, 1.807) is 48.5 Å². The number of ether oxygens (including phenoxy) is 4. The smallest absolute Gasteiger partial charge is 0.342 e. The monoisotopic (exact) mass is 512 g/mol. The minimum Gasteiger partial charge on any atom is -0.488 e. The van der Waals surface area contributed by atoms with E-state index in [0.717, 1.165) is 11.1 Å². The number of para-hydroxylation sites is 2. The molecule has 194 valence electrons. The summed E-state index contributed by atoms with van der Waals surface area (Å²) in [5, 5.41) is 10.3. The molecule has 0 heterocycles. The first kappa shape index (κ1) is 26.4. The number of carbonyl (C=O) groups is 2. The van der Waals surface area contributed by atoms with E-state index in [1.807, 2.05) is 60.7 Å². The summed E-state index contributed by atoms with van der Waals surface area (Å²) in [5.41, 5.74) is 2.38. The standard InChI is InChI=1S/C31H28O7/c32-25(21-37-30(33)26-15-7-9-17-28(26)35-19-23-11-3-1-4-12-23)22-38-31(34)27-16-8-10-18-29(27)36-20-24-13-5-2-6-14-24/h1-18,25,32H,19-22H2. The van der Waals surface area contributed by atoms with Gasteiger partial charge in [-0.2, -0.15) is 0 Å². The molecule has 0 saturated carbocycles. The van der Waals surface area contributed by atoms with E-state index in [1.165, 1.54) is 0 Å². The van der Waals surface area contributed by atoms with Crippen molar-refractivity contribution < 1.29 is 33.6 Å². The van der Waals surface area contributed by atoms with Crippen molar-refractivity contribution >= 4 is 11.9 Å². The van der Waals surface area contributed by atoms with E-state index in [2.05, 4.69) is 0 Å². The van der Waals surface area contributed by atoms with E-state index in [4.69, 9.17) is 18.9 Å². The second-order valence-electron chi connectivity index (χ2n) is 8.39. The van der Waals surface area contributed by atoms with Gasteiger partial charge in [0.15, 0.2) is 0 Å². The molecular weight excluding hydrogens is 484 g/mol. The zero-order valence-electron chi connectivity index (χ0n) is 20.7. The normalized spacial score (nSPS) is 10.6. The molecule has 0 aliphatic rings. The number of benzene rings is 4. The van der Waals surface area contributed by atoms with E-state index < -0.39 is 18.0 Å². The Bertz CT molecular complexity index is 1220. The Morgan fingerprint density at radius 3 is 1.34 bits per heavy atom. The Labute approximate surface area is 221 Å². The molecule has 7 nitrogen and oxygen atoms in total. The molecule has 7 heteroatoms. The van der Waals surface area contributed by atoms with Crippen molar-refractivity contribution in [2.75, 3.05) is 13.2 Å². The van der Waals surface area contributed by atoms with Gasteiger partial charge in [0.25, 0.3) is 0 Å². The van der Waals surface area contributed by atoms with E-state index in [0.29, 0.717) is 24.7 Å². The van der Waals surface area contributed by atoms with Crippen molar-refractivity contribution in [2.45, 2.75) is 19.3 Å². The van der Waals surface area contributed by atoms with Crippen LogP contribution in [0.15, 0.2) is 109 Å². The molecule has 0 radical (unpaired) electrons. The van der Waals surface area contributed by atoms with Crippen LogP contribution in [0.3, 0.4) is 0 Å². The van der Waals surface area contributed by atoms with Crippen LogP contribution in [0.2, 0.25) is 0 Å². The van der Waals surface area contributed by atoms with Crippen LogP contribution in [-0.4, -0.2) is 36.4 Å². The van der Waals surface area contributed by atoms with Gasteiger partial charge in [-0.15, -0.1) is 0 Å². The molecule has 0 aliphatic carbocycles. The van der Waals surface area contributed by atoms with Crippen molar-refractivity contribution in [2.24, 2.45) is 0 Å². The van der Waals surface area contributed by atoms with Gasteiger partial charge in [0.05, 0.1) is 0 Å². The summed E-state index contributed by atoms with van der Waals surface area (Å²) >= 11 is 0. The van der Waals surface area contributed by atoms with Gasteiger partial charge in [-0.1, -0.05) is 84.9 Å². The minimum absolute atomic E-state index is 0.233. The molecule has 0 unspecified atom stereocenters. The molecule has 0 fully saturated rings. The van der Waals surface area contributed by atoms with Gasteiger partial charge in [-0.3, -0.25) is 0 Å². The molecule has 0 aromatic heterocycles. The topological polar surface area (TPSA) is 91.3 Å². The first-order valence-electron chi connectivity index (χ1n) is 12.1. The van der Waals surface area contributed by atoms with Crippen LogP contribution in [0.25, 0.3) is 0 Å². The van der Waals surface area contributed by atoms with Crippen LogP contribution < -0.4 is 9.47 Å². The molecule has 0 amide bonds. The van der Waals surface area contributed by atoms with Gasteiger partial charge in [-0.25, -0.2) is 9.59 Å². The Morgan fingerprint density at radius 2 is 0.921 bits per heavy atom. The fraction of sp³-hybridized carbons (Fsp3) is 0.161. The molecule has 4 aromatic carbocycles. The fourth-order valence-electron chi connectivity index (χ4n) is 3.54. The third-order valence-electron chi connectivity index (χ3n) is 5.50. The molecule has 0 saturated heterocycles. The van der Waals surface area contributed by atoms with Gasteiger partial charge in [0, 0.05) is 0 Å². The van der Waals surface area contributed by atoms with Crippen molar-refractivity contribution in [1.82, 2.24) is 0 Å². The first-order chi connectivity index (χ1) is 18.6. The predicted molar refractivity (Wildman–Crippen MR) is 141 cm³/mol.